The molecule has 3 heterocycles. The largest absolute Gasteiger partial charge is 0.493 e. The molecule has 0 bridgehead atoms. The summed E-state index contributed by atoms with van der Waals surface area (Å²) >= 11 is 6.72. The Morgan fingerprint density at radius 1 is 1.17 bits per heavy atom. The molecular formula is C29H29ClN8O3. The van der Waals surface area contributed by atoms with Gasteiger partial charge in [0.2, 0.25) is 0 Å². The maximum atomic E-state index is 12.0. The first-order chi connectivity index (χ1) is 19.7. The Bertz CT molecular complexity index is 1610. The quantitative estimate of drug-likeness (QED) is 0.156. The average Bonchev–Trinajstić information content (AvgIpc) is 2.98. The second-order valence-corrected chi connectivity index (χ2v) is 9.44. The summed E-state index contributed by atoms with van der Waals surface area (Å²) in [4.78, 5) is 39.8. The van der Waals surface area contributed by atoms with E-state index in [2.05, 4.69) is 30.6 Å². The van der Waals surface area contributed by atoms with Gasteiger partial charge in [0, 0.05) is 46.7 Å². The lowest BCUT2D eigenvalue weighted by Gasteiger charge is -2.24. The minimum absolute atomic E-state index is 0.0395. The number of aldehydes is 1. The van der Waals surface area contributed by atoms with E-state index in [1.165, 1.54) is 18.6 Å². The first-order valence-electron chi connectivity index (χ1n) is 12.7. The molecule has 1 amide bonds. The number of nitrogens with zero attached hydrogens (tertiary/aromatic N) is 4. The highest BCUT2D eigenvalue weighted by Crippen LogP contribution is 2.43. The number of pyridine rings is 2. The lowest BCUT2D eigenvalue weighted by molar-refractivity contribution is 0.0958. The fraction of sp³-hybridized carbons (Fsp3) is 0.207. The summed E-state index contributed by atoms with van der Waals surface area (Å²) in [5.74, 6) is 0.737. The van der Waals surface area contributed by atoms with Crippen LogP contribution in [0.25, 0.3) is 11.1 Å². The summed E-state index contributed by atoms with van der Waals surface area (Å²) in [5.41, 5.74) is 10.5. The van der Waals surface area contributed by atoms with E-state index in [4.69, 9.17) is 27.5 Å². The van der Waals surface area contributed by atoms with Crippen LogP contribution in [0.2, 0.25) is 5.02 Å². The molecule has 0 fully saturated rings. The number of carbonyl (C=O) groups is 2. The number of nitrogen functional groups attached to an aromatic ring is 1. The summed E-state index contributed by atoms with van der Waals surface area (Å²) in [5, 5.41) is 15.2. The maximum Gasteiger partial charge on any atom is 0.269 e. The van der Waals surface area contributed by atoms with Gasteiger partial charge in [-0.2, -0.15) is 0 Å². The molecule has 0 saturated heterocycles. The molecule has 3 aromatic heterocycles. The van der Waals surface area contributed by atoms with Crippen molar-refractivity contribution in [3.8, 4) is 16.9 Å². The zero-order valence-corrected chi connectivity index (χ0v) is 23.7. The molecule has 0 aliphatic rings. The van der Waals surface area contributed by atoms with Crippen LogP contribution in [0.4, 0.5) is 11.6 Å². The van der Waals surface area contributed by atoms with Gasteiger partial charge in [-0.3, -0.25) is 25.0 Å². The van der Waals surface area contributed by atoms with Gasteiger partial charge in [-0.05, 0) is 50.6 Å². The Balaban J connectivity index is 1.77. The topological polar surface area (TPSA) is 169 Å². The van der Waals surface area contributed by atoms with Crippen molar-refractivity contribution >= 4 is 41.1 Å². The van der Waals surface area contributed by atoms with Crippen molar-refractivity contribution in [3.63, 3.8) is 0 Å². The number of nitrogens with two attached hydrogens (primary N) is 1. The lowest BCUT2D eigenvalue weighted by Crippen LogP contribution is -2.19. The summed E-state index contributed by atoms with van der Waals surface area (Å²) in [6.45, 7) is 6.07. The van der Waals surface area contributed by atoms with E-state index < -0.39 is 6.04 Å². The Hall–Kier alpha value is -4.90. The van der Waals surface area contributed by atoms with Gasteiger partial charge in [-0.25, -0.2) is 9.97 Å². The van der Waals surface area contributed by atoms with Gasteiger partial charge in [-0.15, -0.1) is 0 Å². The molecule has 210 valence electrons. The van der Waals surface area contributed by atoms with Crippen LogP contribution < -0.4 is 21.1 Å². The molecular weight excluding hydrogens is 544 g/mol. The van der Waals surface area contributed by atoms with Gasteiger partial charge in [0.05, 0.1) is 23.9 Å². The van der Waals surface area contributed by atoms with Crippen LogP contribution in [0, 0.1) is 12.3 Å². The normalized spacial score (nSPS) is 11.4. The molecule has 1 unspecified atom stereocenters. The number of hydrogen-bond acceptors (Lipinski definition) is 10. The highest BCUT2D eigenvalue weighted by molar-refractivity contribution is 6.32. The van der Waals surface area contributed by atoms with Crippen LogP contribution in [-0.4, -0.2) is 51.5 Å². The molecule has 0 saturated carbocycles. The van der Waals surface area contributed by atoms with Crippen LogP contribution in [0.15, 0.2) is 49.1 Å². The monoisotopic (exact) mass is 572 g/mol. The molecule has 0 spiro atoms. The number of halogens is 1. The van der Waals surface area contributed by atoms with Gasteiger partial charge in [0.25, 0.3) is 5.91 Å². The first-order valence-corrected chi connectivity index (χ1v) is 13.1. The Kier molecular flexibility index (Phi) is 8.88. The highest BCUT2D eigenvalue weighted by Gasteiger charge is 2.24. The fourth-order valence-corrected chi connectivity index (χ4v) is 4.53. The van der Waals surface area contributed by atoms with E-state index in [1.54, 1.807) is 31.4 Å². The van der Waals surface area contributed by atoms with Crippen LogP contribution >= 0.6 is 11.6 Å². The van der Waals surface area contributed by atoms with Crippen LogP contribution in [0.3, 0.4) is 0 Å². The number of benzene rings is 1. The minimum Gasteiger partial charge on any atom is -0.493 e. The molecule has 11 nitrogen and oxygen atoms in total. The lowest BCUT2D eigenvalue weighted by atomic mass is 9.94. The van der Waals surface area contributed by atoms with E-state index in [9.17, 15) is 9.59 Å². The maximum absolute atomic E-state index is 12.0. The number of anilines is 2. The number of carbonyl (C=O) groups excluding carboxylic acids is 2. The summed E-state index contributed by atoms with van der Waals surface area (Å²) in [6.07, 6.45) is 4.98. The Labute approximate surface area is 242 Å². The predicted octanol–water partition coefficient (Wildman–Crippen LogP) is 4.64. The van der Waals surface area contributed by atoms with Gasteiger partial charge >= 0.3 is 0 Å². The van der Waals surface area contributed by atoms with E-state index in [1.807, 2.05) is 26.8 Å². The number of rotatable bonds is 10. The van der Waals surface area contributed by atoms with Crippen LogP contribution in [0.1, 0.15) is 63.1 Å². The highest BCUT2D eigenvalue weighted by atomic mass is 35.5. The van der Waals surface area contributed by atoms with Crippen molar-refractivity contribution < 1.29 is 14.3 Å². The van der Waals surface area contributed by atoms with Crippen LogP contribution in [0.5, 0.6) is 5.75 Å². The fourth-order valence-electron chi connectivity index (χ4n) is 4.32. The molecule has 12 heteroatoms. The molecule has 0 radical (unpaired) electrons. The molecule has 41 heavy (non-hydrogen) atoms. The molecule has 1 aromatic carbocycles. The zero-order valence-electron chi connectivity index (χ0n) is 22.9. The smallest absolute Gasteiger partial charge is 0.269 e. The van der Waals surface area contributed by atoms with E-state index in [0.29, 0.717) is 35.0 Å². The third-order valence-corrected chi connectivity index (χ3v) is 6.84. The Morgan fingerprint density at radius 3 is 2.56 bits per heavy atom. The zero-order chi connectivity index (χ0) is 29.7. The van der Waals surface area contributed by atoms with Crippen molar-refractivity contribution in [3.05, 3.63) is 87.7 Å². The summed E-state index contributed by atoms with van der Waals surface area (Å²) < 4.78 is 6.17. The van der Waals surface area contributed by atoms with Crippen molar-refractivity contribution in [2.75, 3.05) is 24.7 Å². The van der Waals surface area contributed by atoms with Crippen molar-refractivity contribution in [1.82, 2.24) is 25.3 Å². The molecule has 1 atom stereocenters. The van der Waals surface area contributed by atoms with Crippen molar-refractivity contribution in [2.24, 2.45) is 0 Å². The van der Waals surface area contributed by atoms with E-state index in [0.717, 1.165) is 22.3 Å². The van der Waals surface area contributed by atoms with Crippen LogP contribution in [-0.2, 0) is 0 Å². The van der Waals surface area contributed by atoms with Gasteiger partial charge in [0.1, 0.15) is 35.1 Å². The predicted molar refractivity (Wildman–Crippen MR) is 158 cm³/mol. The molecule has 4 aromatic rings. The molecule has 5 N–H and O–H groups in total. The van der Waals surface area contributed by atoms with Gasteiger partial charge in [-0.1, -0.05) is 17.7 Å². The molecule has 0 aliphatic heterocycles. The van der Waals surface area contributed by atoms with Crippen molar-refractivity contribution in [1.29, 1.82) is 5.41 Å². The standard InChI is InChI=1S/C29H29ClN8O3/c1-5-41-26-20(10-21(30)15(2)23(26)17-7-9-22(35-11-17)29(40)33-4)16(3)38-28-24(27(32)36-14-37-28)25(31)18-6-8-19(13-39)34-12-18/h6-14,16,31H,5H2,1-4H3,(H,33,40)(H3,32,36,37,38). The number of amides is 1. The minimum atomic E-state index is -0.414. The number of nitrogens with one attached hydrogen (secondary N) is 3. The summed E-state index contributed by atoms with van der Waals surface area (Å²) in [7, 11) is 1.55. The van der Waals surface area contributed by atoms with Crippen molar-refractivity contribution in [2.45, 2.75) is 26.8 Å². The third-order valence-electron chi connectivity index (χ3n) is 6.45. The van der Waals surface area contributed by atoms with E-state index in [-0.39, 0.29) is 34.4 Å². The SMILES string of the molecule is CCOc1c(C(C)Nc2ncnc(N)c2C(=N)c2ccc(C=O)nc2)cc(Cl)c(C)c1-c1ccc(C(=O)NC)nc1. The third kappa shape index (κ3) is 5.99. The number of aromatic nitrogens is 4. The van der Waals surface area contributed by atoms with Gasteiger partial charge < -0.3 is 21.1 Å². The second kappa shape index (κ2) is 12.5. The first kappa shape index (κ1) is 29.1. The van der Waals surface area contributed by atoms with Gasteiger partial charge in [0.15, 0.2) is 6.29 Å². The molecule has 4 rings (SSSR count). The molecule has 0 aliphatic carbocycles. The Morgan fingerprint density at radius 2 is 1.95 bits per heavy atom. The second-order valence-electron chi connectivity index (χ2n) is 9.03. The number of hydrogen-bond donors (Lipinski definition) is 4. The summed E-state index contributed by atoms with van der Waals surface area (Å²) in [6, 6.07) is 7.99. The number of ether oxygens (including phenoxy) is 1. The van der Waals surface area contributed by atoms with E-state index >= 15 is 0 Å². The average molecular weight is 573 g/mol.